The van der Waals surface area contributed by atoms with E-state index in [4.69, 9.17) is 14.2 Å². The SMILES string of the molecule is COC[C@@]1(F)CN([C][C@@]2(F)CN(C3CCC(OC)CC3)C[C@H]2c2ccc(OC)cc2)C[C@@H]1c1ccc(C(F)(F)F)cc1N1CCC(C(=O)O)CC1. The van der Waals surface area contributed by atoms with Crippen LogP contribution in [0.1, 0.15) is 67.1 Å². The van der Waals surface area contributed by atoms with Gasteiger partial charge in [-0.05, 0) is 73.9 Å². The van der Waals surface area contributed by atoms with Gasteiger partial charge < -0.3 is 24.2 Å². The maximum Gasteiger partial charge on any atom is 0.416 e. The monoisotopic (exact) mass is 721 g/mol. The standard InChI is InChI=1S/C38H48F5N3O5/c1-49-24-37(40)22-44(19-33(37)31-13-6-27(38(41,42)43)18-34(31)45-16-14-26(15-17-45)35(47)48)21-36(39)23-46(28-7-11-30(51-3)12-8-28)20-32(36)25-4-9-29(50-2)10-5-25/h4-6,9-10,13,18,26,28,30,32-33H,7-8,11-12,14-17,19-20,22-24H2,1-3H3,(H,47,48)/t28?,30?,32-,33+,36+,37-/m0/s1. The second kappa shape index (κ2) is 15.2. The van der Waals surface area contributed by atoms with Crippen LogP contribution in [0.4, 0.5) is 27.6 Å². The average Bonchev–Trinajstić information content (AvgIpc) is 3.63. The Morgan fingerprint density at radius 2 is 1.61 bits per heavy atom. The number of carboxylic acids is 1. The first-order chi connectivity index (χ1) is 24.3. The van der Waals surface area contributed by atoms with Crippen molar-refractivity contribution in [3.8, 4) is 5.75 Å². The second-order valence-electron chi connectivity index (χ2n) is 14.7. The van der Waals surface area contributed by atoms with Crippen LogP contribution in [0, 0.1) is 12.5 Å². The number of alkyl halides is 5. The quantitative estimate of drug-likeness (QED) is 0.262. The molecule has 6 rings (SSSR count). The maximum atomic E-state index is 17.7. The summed E-state index contributed by atoms with van der Waals surface area (Å²) in [6.45, 7) is 3.41. The Morgan fingerprint density at radius 1 is 0.922 bits per heavy atom. The van der Waals surface area contributed by atoms with Crippen molar-refractivity contribution < 1.29 is 46.1 Å². The van der Waals surface area contributed by atoms with Crippen LogP contribution in [0.15, 0.2) is 42.5 Å². The van der Waals surface area contributed by atoms with Gasteiger partial charge in [-0.2, -0.15) is 13.2 Å². The molecule has 2 aromatic carbocycles. The summed E-state index contributed by atoms with van der Waals surface area (Å²) in [5.41, 5.74) is -3.60. The van der Waals surface area contributed by atoms with E-state index in [0.717, 1.165) is 43.4 Å². The number of ether oxygens (including phenoxy) is 3. The number of piperidine rings is 1. The Morgan fingerprint density at radius 3 is 2.20 bits per heavy atom. The van der Waals surface area contributed by atoms with Gasteiger partial charge >= 0.3 is 12.1 Å². The van der Waals surface area contributed by atoms with Gasteiger partial charge in [-0.25, -0.2) is 8.78 Å². The van der Waals surface area contributed by atoms with Crippen molar-refractivity contribution >= 4 is 11.7 Å². The summed E-state index contributed by atoms with van der Waals surface area (Å²) in [4.78, 5) is 17.0. The third kappa shape index (κ3) is 8.01. The van der Waals surface area contributed by atoms with Gasteiger partial charge in [0.2, 0.25) is 0 Å². The zero-order valence-electron chi connectivity index (χ0n) is 29.4. The smallest absolute Gasteiger partial charge is 0.416 e. The number of hydrogen-bond donors (Lipinski definition) is 1. The van der Waals surface area contributed by atoms with Crippen LogP contribution < -0.4 is 9.64 Å². The Balaban J connectivity index is 1.30. The van der Waals surface area contributed by atoms with E-state index in [-0.39, 0.29) is 70.0 Å². The topological polar surface area (TPSA) is 74.7 Å². The summed E-state index contributed by atoms with van der Waals surface area (Å²) < 4.78 is 93.1. The van der Waals surface area contributed by atoms with Crippen molar-refractivity contribution in [1.29, 1.82) is 0 Å². The third-order valence-electron chi connectivity index (χ3n) is 11.5. The van der Waals surface area contributed by atoms with Gasteiger partial charge in [0.1, 0.15) is 12.3 Å². The number of benzene rings is 2. The number of hydrogen-bond acceptors (Lipinski definition) is 7. The first-order valence-electron chi connectivity index (χ1n) is 17.8. The fourth-order valence-electron chi connectivity index (χ4n) is 8.74. The van der Waals surface area contributed by atoms with Gasteiger partial charge in [0, 0.05) is 77.1 Å². The second-order valence-corrected chi connectivity index (χ2v) is 14.7. The largest absolute Gasteiger partial charge is 0.497 e. The Labute approximate surface area is 296 Å². The zero-order chi connectivity index (χ0) is 36.6. The van der Waals surface area contributed by atoms with Crippen LogP contribution in [0.5, 0.6) is 5.75 Å². The van der Waals surface area contributed by atoms with E-state index in [9.17, 15) is 23.1 Å². The number of likely N-dealkylation sites (tertiary alicyclic amines) is 2. The zero-order valence-corrected chi connectivity index (χ0v) is 29.4. The van der Waals surface area contributed by atoms with Gasteiger partial charge in [-0.3, -0.25) is 14.6 Å². The van der Waals surface area contributed by atoms with Crippen LogP contribution in [0.2, 0.25) is 0 Å². The van der Waals surface area contributed by atoms with Gasteiger partial charge in [0.15, 0.2) is 11.3 Å². The molecule has 4 atom stereocenters. The molecule has 3 aliphatic heterocycles. The number of anilines is 1. The molecular formula is C38H48F5N3O5. The minimum absolute atomic E-state index is 0.0240. The molecule has 2 aromatic rings. The molecule has 4 fully saturated rings. The number of rotatable bonds is 11. The fraction of sp³-hybridized carbons (Fsp3) is 0.632. The van der Waals surface area contributed by atoms with E-state index in [1.54, 1.807) is 31.3 Å². The molecule has 13 heteroatoms. The summed E-state index contributed by atoms with van der Waals surface area (Å²) in [7, 11) is 4.64. The number of methoxy groups -OCH3 is 3. The van der Waals surface area contributed by atoms with Crippen molar-refractivity contribution in [3.05, 3.63) is 65.7 Å². The molecule has 1 saturated carbocycles. The van der Waals surface area contributed by atoms with Crippen LogP contribution in [-0.4, -0.2) is 112 Å². The first-order valence-corrected chi connectivity index (χ1v) is 17.8. The molecule has 4 aliphatic rings. The lowest BCUT2D eigenvalue weighted by Crippen LogP contribution is -2.43. The van der Waals surface area contributed by atoms with E-state index in [1.165, 1.54) is 18.1 Å². The Bertz CT molecular complexity index is 1500. The molecule has 0 unspecified atom stereocenters. The van der Waals surface area contributed by atoms with E-state index in [1.807, 2.05) is 12.1 Å². The highest BCUT2D eigenvalue weighted by Gasteiger charge is 2.56. The van der Waals surface area contributed by atoms with E-state index < -0.39 is 46.8 Å². The first kappa shape index (κ1) is 37.7. The van der Waals surface area contributed by atoms with Gasteiger partial charge in [0.25, 0.3) is 0 Å². The Hall–Kier alpha value is -3.00. The molecule has 0 aromatic heterocycles. The number of carboxylic acid groups (broad SMARTS) is 1. The highest BCUT2D eigenvalue weighted by atomic mass is 19.4. The van der Waals surface area contributed by atoms with Gasteiger partial charge in [0.05, 0.1) is 31.3 Å². The fourth-order valence-corrected chi connectivity index (χ4v) is 8.74. The summed E-state index contributed by atoms with van der Waals surface area (Å²) in [6, 6.07) is 10.8. The van der Waals surface area contributed by atoms with E-state index in [0.29, 0.717) is 17.9 Å². The van der Waals surface area contributed by atoms with Crippen LogP contribution in [-0.2, 0) is 20.4 Å². The predicted molar refractivity (Wildman–Crippen MR) is 181 cm³/mol. The highest BCUT2D eigenvalue weighted by Crippen LogP contribution is 2.49. The number of carbonyl (C=O) groups is 1. The lowest BCUT2D eigenvalue weighted by atomic mass is 9.84. The number of halogens is 5. The molecule has 280 valence electrons. The molecule has 0 amide bonds. The summed E-state index contributed by atoms with van der Waals surface area (Å²) in [5.74, 6) is -2.47. The van der Waals surface area contributed by atoms with Crippen LogP contribution in [0.25, 0.3) is 0 Å². The van der Waals surface area contributed by atoms with Gasteiger partial charge in [-0.1, -0.05) is 18.2 Å². The molecule has 1 aliphatic carbocycles. The lowest BCUT2D eigenvalue weighted by Gasteiger charge is -2.36. The normalized spacial score (nSPS) is 31.3. The number of nitrogens with zero attached hydrogens (tertiary/aromatic N) is 3. The molecule has 2 radical (unpaired) electrons. The molecule has 8 nitrogen and oxygen atoms in total. The van der Waals surface area contributed by atoms with Crippen molar-refractivity contribution in [1.82, 2.24) is 9.80 Å². The number of aliphatic carboxylic acids is 1. The minimum Gasteiger partial charge on any atom is -0.497 e. The maximum absolute atomic E-state index is 17.7. The van der Waals surface area contributed by atoms with E-state index >= 15 is 8.78 Å². The van der Waals surface area contributed by atoms with Crippen LogP contribution >= 0.6 is 0 Å². The average molecular weight is 722 g/mol. The van der Waals surface area contributed by atoms with Gasteiger partial charge in [-0.15, -0.1) is 0 Å². The van der Waals surface area contributed by atoms with Crippen molar-refractivity contribution in [2.45, 2.75) is 80.0 Å². The van der Waals surface area contributed by atoms with Crippen molar-refractivity contribution in [2.75, 3.05) is 72.1 Å². The summed E-state index contributed by atoms with van der Waals surface area (Å²) >= 11 is 0. The molecule has 0 bridgehead atoms. The molecule has 3 saturated heterocycles. The molecule has 1 N–H and O–H groups in total. The van der Waals surface area contributed by atoms with Crippen molar-refractivity contribution in [2.24, 2.45) is 5.92 Å². The Kier molecular flexibility index (Phi) is 11.2. The predicted octanol–water partition coefficient (Wildman–Crippen LogP) is 6.57. The molecular weight excluding hydrogens is 673 g/mol. The molecule has 0 spiro atoms. The summed E-state index contributed by atoms with van der Waals surface area (Å²) in [5, 5.41) is 9.51. The van der Waals surface area contributed by atoms with E-state index in [2.05, 4.69) is 11.4 Å². The third-order valence-corrected chi connectivity index (χ3v) is 11.5. The highest BCUT2D eigenvalue weighted by molar-refractivity contribution is 5.70. The summed E-state index contributed by atoms with van der Waals surface area (Å²) in [6.07, 6.45) is -0.426. The lowest BCUT2D eigenvalue weighted by molar-refractivity contribution is -0.142. The minimum atomic E-state index is -4.64. The molecule has 51 heavy (non-hydrogen) atoms. The van der Waals surface area contributed by atoms with Crippen LogP contribution in [0.3, 0.4) is 0 Å². The van der Waals surface area contributed by atoms with Crippen molar-refractivity contribution in [3.63, 3.8) is 0 Å². The molecule has 3 heterocycles.